The molecule has 0 radical (unpaired) electrons. The number of hydrogen-bond acceptors (Lipinski definition) is 2. The molecule has 68 valence electrons. The lowest BCUT2D eigenvalue weighted by Gasteiger charge is -1.98. The first-order valence-corrected chi connectivity index (χ1v) is 5.20. The van der Waals surface area contributed by atoms with Crippen molar-refractivity contribution in [3.8, 4) is 0 Å². The van der Waals surface area contributed by atoms with Crippen LogP contribution in [0.25, 0.3) is 10.1 Å². The summed E-state index contributed by atoms with van der Waals surface area (Å²) in [5, 5.41) is 2.14. The summed E-state index contributed by atoms with van der Waals surface area (Å²) in [7, 11) is 1.54. The summed E-state index contributed by atoms with van der Waals surface area (Å²) < 4.78 is 15.6. The highest BCUT2D eigenvalue weighted by molar-refractivity contribution is 9.10. The zero-order valence-corrected chi connectivity index (χ0v) is 9.08. The van der Waals surface area contributed by atoms with E-state index in [0.29, 0.717) is 14.6 Å². The zero-order valence-electron chi connectivity index (χ0n) is 6.67. The molecule has 13 heavy (non-hydrogen) atoms. The molecule has 0 N–H and O–H groups in total. The highest BCUT2D eigenvalue weighted by Crippen LogP contribution is 2.28. The predicted octanol–water partition coefficient (Wildman–Crippen LogP) is 2.50. The van der Waals surface area contributed by atoms with Crippen LogP contribution in [0.5, 0.6) is 0 Å². The van der Waals surface area contributed by atoms with Crippen molar-refractivity contribution in [2.24, 2.45) is 7.05 Å². The highest BCUT2D eigenvalue weighted by atomic mass is 79.9. The number of nitrogens with zero attached hydrogens (tertiary/aromatic N) is 1. The third-order valence-corrected chi connectivity index (χ3v) is 3.72. The third-order valence-electron chi connectivity index (χ3n) is 1.80. The van der Waals surface area contributed by atoms with Gasteiger partial charge in [0.25, 0.3) is 5.56 Å². The zero-order chi connectivity index (χ0) is 9.59. The lowest BCUT2D eigenvalue weighted by Crippen LogP contribution is -2.16. The molecule has 0 saturated carbocycles. The molecular formula is C8H5BrFNOS. The summed E-state index contributed by atoms with van der Waals surface area (Å²) >= 11 is 4.44. The number of fused-ring (bicyclic) bond motifs is 1. The van der Waals surface area contributed by atoms with Crippen molar-refractivity contribution in [2.75, 3.05) is 0 Å². The van der Waals surface area contributed by atoms with Crippen LogP contribution in [0.2, 0.25) is 0 Å². The summed E-state index contributed by atoms with van der Waals surface area (Å²) in [6, 6.07) is 0. The fraction of sp³-hybridized carbons (Fsp3) is 0.125. The molecular weight excluding hydrogens is 257 g/mol. The van der Waals surface area contributed by atoms with Crippen LogP contribution in [0.4, 0.5) is 4.39 Å². The van der Waals surface area contributed by atoms with E-state index in [1.54, 1.807) is 5.38 Å². The number of thiophene rings is 1. The van der Waals surface area contributed by atoms with Crippen molar-refractivity contribution in [3.63, 3.8) is 0 Å². The molecule has 2 aromatic rings. The molecule has 0 saturated heterocycles. The molecule has 0 aromatic carbocycles. The molecule has 2 heterocycles. The maximum atomic E-state index is 13.3. The SMILES string of the molecule is Cn1cc(F)c2scc(Br)c2c1=O. The van der Waals surface area contributed by atoms with Crippen molar-refractivity contribution in [1.29, 1.82) is 0 Å². The van der Waals surface area contributed by atoms with Gasteiger partial charge in [0, 0.05) is 23.1 Å². The molecule has 0 aliphatic heterocycles. The topological polar surface area (TPSA) is 22.0 Å². The van der Waals surface area contributed by atoms with E-state index in [2.05, 4.69) is 15.9 Å². The van der Waals surface area contributed by atoms with E-state index in [1.807, 2.05) is 0 Å². The Morgan fingerprint density at radius 2 is 2.31 bits per heavy atom. The molecule has 0 unspecified atom stereocenters. The standard InChI is InChI=1S/C8H5BrFNOS/c1-11-2-5(10)7-6(8(11)12)4(9)3-13-7/h2-3H,1H3. The number of rotatable bonds is 0. The Balaban J connectivity index is 3.10. The Labute approximate surface area is 85.7 Å². The van der Waals surface area contributed by atoms with Crippen LogP contribution >= 0.6 is 27.3 Å². The van der Waals surface area contributed by atoms with Crippen molar-refractivity contribution in [1.82, 2.24) is 4.57 Å². The molecule has 0 atom stereocenters. The molecule has 2 aromatic heterocycles. The van der Waals surface area contributed by atoms with Gasteiger partial charge in [-0.2, -0.15) is 0 Å². The predicted molar refractivity (Wildman–Crippen MR) is 54.7 cm³/mol. The molecule has 2 rings (SSSR count). The number of hydrogen-bond donors (Lipinski definition) is 0. The Morgan fingerprint density at radius 3 is 3.00 bits per heavy atom. The summed E-state index contributed by atoms with van der Waals surface area (Å²) in [5.41, 5.74) is -0.176. The van der Waals surface area contributed by atoms with Gasteiger partial charge in [-0.15, -0.1) is 11.3 Å². The van der Waals surface area contributed by atoms with Crippen molar-refractivity contribution in [3.05, 3.63) is 32.2 Å². The van der Waals surface area contributed by atoms with Gasteiger partial charge in [0.1, 0.15) is 0 Å². The number of halogens is 2. The molecule has 0 aliphatic rings. The van der Waals surface area contributed by atoms with Gasteiger partial charge in [-0.05, 0) is 15.9 Å². The first kappa shape index (κ1) is 8.90. The maximum Gasteiger partial charge on any atom is 0.260 e. The van der Waals surface area contributed by atoms with Gasteiger partial charge in [0.15, 0.2) is 5.82 Å². The summed E-state index contributed by atoms with van der Waals surface area (Å²) in [6.07, 6.45) is 1.20. The fourth-order valence-corrected chi connectivity index (χ4v) is 2.77. The van der Waals surface area contributed by atoms with Crippen LogP contribution in [-0.4, -0.2) is 4.57 Å². The lowest BCUT2D eigenvalue weighted by atomic mass is 10.3. The number of aromatic nitrogens is 1. The molecule has 0 spiro atoms. The summed E-state index contributed by atoms with van der Waals surface area (Å²) in [4.78, 5) is 11.5. The minimum Gasteiger partial charge on any atom is -0.315 e. The van der Waals surface area contributed by atoms with Crippen LogP contribution in [0.1, 0.15) is 0 Å². The van der Waals surface area contributed by atoms with Crippen molar-refractivity contribution < 1.29 is 4.39 Å². The van der Waals surface area contributed by atoms with Gasteiger partial charge in [-0.25, -0.2) is 4.39 Å². The maximum absolute atomic E-state index is 13.3. The minimum absolute atomic E-state index is 0.176. The molecule has 5 heteroatoms. The normalized spacial score (nSPS) is 11.0. The number of pyridine rings is 1. The van der Waals surface area contributed by atoms with Crippen LogP contribution in [0, 0.1) is 5.82 Å². The number of aryl methyl sites for hydroxylation is 1. The van der Waals surface area contributed by atoms with Crippen LogP contribution in [-0.2, 0) is 7.05 Å². The molecule has 2 nitrogen and oxygen atoms in total. The van der Waals surface area contributed by atoms with E-state index in [1.165, 1.54) is 29.1 Å². The monoisotopic (exact) mass is 261 g/mol. The minimum atomic E-state index is -0.354. The molecule has 0 amide bonds. The molecule has 0 fully saturated rings. The fourth-order valence-electron chi connectivity index (χ4n) is 1.18. The third kappa shape index (κ3) is 1.23. The van der Waals surface area contributed by atoms with Crippen LogP contribution in [0.15, 0.2) is 20.8 Å². The summed E-state index contributed by atoms with van der Waals surface area (Å²) in [6.45, 7) is 0. The highest BCUT2D eigenvalue weighted by Gasteiger charge is 2.11. The van der Waals surface area contributed by atoms with E-state index in [0.717, 1.165) is 0 Å². The van der Waals surface area contributed by atoms with E-state index in [9.17, 15) is 9.18 Å². The van der Waals surface area contributed by atoms with E-state index in [4.69, 9.17) is 0 Å². The van der Waals surface area contributed by atoms with E-state index >= 15 is 0 Å². The van der Waals surface area contributed by atoms with Gasteiger partial charge in [0.2, 0.25) is 0 Å². The molecule has 0 bridgehead atoms. The smallest absolute Gasteiger partial charge is 0.260 e. The average molecular weight is 262 g/mol. The van der Waals surface area contributed by atoms with Crippen LogP contribution in [0.3, 0.4) is 0 Å². The van der Waals surface area contributed by atoms with Gasteiger partial charge in [-0.3, -0.25) is 4.79 Å². The summed E-state index contributed by atoms with van der Waals surface area (Å²) in [5.74, 6) is -0.354. The second-order valence-corrected chi connectivity index (χ2v) is 4.41. The quantitative estimate of drug-likeness (QED) is 0.715. The van der Waals surface area contributed by atoms with Crippen molar-refractivity contribution in [2.45, 2.75) is 0 Å². The lowest BCUT2D eigenvalue weighted by molar-refractivity contribution is 0.621. The Hall–Kier alpha value is -0.680. The van der Waals surface area contributed by atoms with Gasteiger partial charge in [-0.1, -0.05) is 0 Å². The first-order chi connectivity index (χ1) is 6.11. The Kier molecular flexibility index (Phi) is 2.00. The van der Waals surface area contributed by atoms with Crippen LogP contribution < -0.4 is 5.56 Å². The largest absolute Gasteiger partial charge is 0.315 e. The van der Waals surface area contributed by atoms with E-state index < -0.39 is 0 Å². The Bertz CT molecular complexity index is 531. The molecule has 0 aliphatic carbocycles. The first-order valence-electron chi connectivity index (χ1n) is 3.53. The average Bonchev–Trinajstić information content (AvgIpc) is 2.44. The van der Waals surface area contributed by atoms with Gasteiger partial charge in [0.05, 0.1) is 10.1 Å². The van der Waals surface area contributed by atoms with Gasteiger partial charge >= 0.3 is 0 Å². The second-order valence-electron chi connectivity index (χ2n) is 2.68. The second kappa shape index (κ2) is 2.92. The Morgan fingerprint density at radius 1 is 1.62 bits per heavy atom. The van der Waals surface area contributed by atoms with E-state index in [-0.39, 0.29) is 11.4 Å². The van der Waals surface area contributed by atoms with Gasteiger partial charge < -0.3 is 4.57 Å². The van der Waals surface area contributed by atoms with Crippen molar-refractivity contribution >= 4 is 37.4 Å².